The van der Waals surface area contributed by atoms with E-state index in [1.54, 1.807) is 6.07 Å². The van der Waals surface area contributed by atoms with Crippen LogP contribution >= 0.6 is 0 Å². The third-order valence-electron chi connectivity index (χ3n) is 9.47. The summed E-state index contributed by atoms with van der Waals surface area (Å²) in [4.78, 5) is 0. The summed E-state index contributed by atoms with van der Waals surface area (Å²) in [6.07, 6.45) is 0. The first-order valence-electron chi connectivity index (χ1n) is 15.6. The fraction of sp³-hybridized carbons (Fsp3) is 0. The summed E-state index contributed by atoms with van der Waals surface area (Å²) in [5.41, 5.74) is 15.5. The average Bonchev–Trinajstić information content (AvgIpc) is 3.48. The molecular formula is C44H25N3. The fourth-order valence-corrected chi connectivity index (χ4v) is 7.33. The molecule has 1 heterocycles. The van der Waals surface area contributed by atoms with E-state index in [9.17, 15) is 10.5 Å². The van der Waals surface area contributed by atoms with E-state index in [-0.39, 0.29) is 0 Å². The molecule has 0 fully saturated rings. The monoisotopic (exact) mass is 595 g/mol. The maximum absolute atomic E-state index is 9.70. The Morgan fingerprint density at radius 1 is 0.362 bits per heavy atom. The summed E-state index contributed by atoms with van der Waals surface area (Å²) in [5, 5.41) is 21.7. The number of aromatic nitrogens is 1. The first-order valence-corrected chi connectivity index (χ1v) is 15.6. The van der Waals surface area contributed by atoms with E-state index >= 15 is 0 Å². The van der Waals surface area contributed by atoms with Crippen molar-refractivity contribution < 1.29 is 0 Å². The van der Waals surface area contributed by atoms with E-state index in [1.807, 2.05) is 12.1 Å². The molecule has 0 saturated heterocycles. The predicted molar refractivity (Wildman–Crippen MR) is 191 cm³/mol. The van der Waals surface area contributed by atoms with Gasteiger partial charge in [-0.25, -0.2) is 0 Å². The highest BCUT2D eigenvalue weighted by Crippen LogP contribution is 2.49. The zero-order chi connectivity index (χ0) is 31.5. The van der Waals surface area contributed by atoms with Crippen LogP contribution < -0.4 is 0 Å². The second kappa shape index (κ2) is 10.5. The van der Waals surface area contributed by atoms with Crippen molar-refractivity contribution in [1.82, 2.24) is 4.57 Å². The summed E-state index contributed by atoms with van der Waals surface area (Å²) >= 11 is 0. The topological polar surface area (TPSA) is 52.5 Å². The Bertz CT molecular complexity index is 2600. The summed E-state index contributed by atoms with van der Waals surface area (Å²) in [5.74, 6) is 0. The molecule has 0 bridgehead atoms. The number of nitrogens with zero attached hydrogens (tertiary/aromatic N) is 3. The van der Waals surface area contributed by atoms with Gasteiger partial charge < -0.3 is 4.57 Å². The minimum atomic E-state index is 0.385. The molecular weight excluding hydrogens is 571 g/mol. The number of para-hydroxylation sites is 2. The molecule has 0 saturated carbocycles. The quantitative estimate of drug-likeness (QED) is 0.200. The lowest BCUT2D eigenvalue weighted by Gasteiger charge is -2.24. The molecule has 0 N–H and O–H groups in total. The Labute approximate surface area is 272 Å². The molecule has 216 valence electrons. The molecule has 0 spiro atoms. The lowest BCUT2D eigenvalue weighted by molar-refractivity contribution is 1.18. The molecule has 1 aromatic heterocycles. The number of hydrogen-bond acceptors (Lipinski definition) is 2. The molecule has 1 aliphatic carbocycles. The Morgan fingerprint density at radius 2 is 0.809 bits per heavy atom. The lowest BCUT2D eigenvalue weighted by Crippen LogP contribution is -2.00. The molecule has 47 heavy (non-hydrogen) atoms. The standard InChI is InChI=1S/C44H25N3/c45-26-30-18-17-28(23-31(30)27-46)29-19-21-37-34-10-2-4-12-36(34)42-25-32(20-22-38(42)33-9-1-3-11-35(33)41(37)24-29)47-43-15-7-5-13-39(43)40-14-6-8-16-44(40)47/h1-25H. The van der Waals surface area contributed by atoms with Gasteiger partial charge in [-0.15, -0.1) is 0 Å². The molecule has 0 atom stereocenters. The van der Waals surface area contributed by atoms with Gasteiger partial charge >= 0.3 is 0 Å². The van der Waals surface area contributed by atoms with Crippen molar-refractivity contribution >= 4 is 21.8 Å². The summed E-state index contributed by atoms with van der Waals surface area (Å²) in [6.45, 7) is 0. The maximum Gasteiger partial charge on any atom is 0.101 e. The first kappa shape index (κ1) is 26.7. The lowest BCUT2D eigenvalue weighted by atomic mass is 9.80. The molecule has 3 heteroatoms. The van der Waals surface area contributed by atoms with Gasteiger partial charge in [-0.1, -0.05) is 109 Å². The Hall–Kier alpha value is -6.68. The van der Waals surface area contributed by atoms with Gasteiger partial charge in [0, 0.05) is 16.5 Å². The summed E-state index contributed by atoms with van der Waals surface area (Å²) in [7, 11) is 0. The third kappa shape index (κ3) is 4.05. The second-order valence-electron chi connectivity index (χ2n) is 11.9. The minimum Gasteiger partial charge on any atom is -0.309 e. The smallest absolute Gasteiger partial charge is 0.101 e. The van der Waals surface area contributed by atoms with Crippen LogP contribution in [-0.4, -0.2) is 4.57 Å². The predicted octanol–water partition coefficient (Wildman–Crippen LogP) is 11.2. The molecule has 1 aliphatic rings. The highest BCUT2D eigenvalue weighted by Gasteiger charge is 2.23. The van der Waals surface area contributed by atoms with Gasteiger partial charge in [-0.05, 0) is 98.1 Å². The van der Waals surface area contributed by atoms with Gasteiger partial charge in [-0.3, -0.25) is 0 Å². The van der Waals surface area contributed by atoms with E-state index in [2.05, 4.69) is 150 Å². The number of fused-ring (bicyclic) bond motifs is 11. The van der Waals surface area contributed by atoms with Crippen LogP contribution in [0.4, 0.5) is 0 Å². The Balaban J connectivity index is 1.31. The van der Waals surface area contributed by atoms with Gasteiger partial charge in [-0.2, -0.15) is 10.5 Å². The first-order chi connectivity index (χ1) is 23.2. The Kier molecular flexibility index (Phi) is 5.94. The molecule has 0 aliphatic heterocycles. The molecule has 8 aromatic rings. The highest BCUT2D eigenvalue weighted by atomic mass is 15.0. The summed E-state index contributed by atoms with van der Waals surface area (Å²) < 4.78 is 2.38. The van der Waals surface area contributed by atoms with Crippen molar-refractivity contribution in [2.24, 2.45) is 0 Å². The van der Waals surface area contributed by atoms with Crippen molar-refractivity contribution in [3.63, 3.8) is 0 Å². The SMILES string of the molecule is N#Cc1ccc(-c2ccc3c(c2)-c2ccccc2-c2ccc(-n4c5ccccc5c5ccccc54)cc2-c2ccccc2-3)cc1C#N. The highest BCUT2D eigenvalue weighted by molar-refractivity contribution is 6.10. The molecule has 7 aromatic carbocycles. The van der Waals surface area contributed by atoms with Crippen LogP contribution in [0.5, 0.6) is 0 Å². The van der Waals surface area contributed by atoms with Gasteiger partial charge in [0.15, 0.2) is 0 Å². The zero-order valence-electron chi connectivity index (χ0n) is 25.3. The van der Waals surface area contributed by atoms with E-state index in [0.29, 0.717) is 11.1 Å². The van der Waals surface area contributed by atoms with Crippen LogP contribution in [0.25, 0.3) is 83.1 Å². The van der Waals surface area contributed by atoms with E-state index in [4.69, 9.17) is 0 Å². The molecule has 0 amide bonds. The number of nitriles is 2. The molecule has 0 unspecified atom stereocenters. The number of benzene rings is 7. The average molecular weight is 596 g/mol. The second-order valence-corrected chi connectivity index (χ2v) is 11.9. The maximum atomic E-state index is 9.70. The molecule has 3 nitrogen and oxygen atoms in total. The van der Waals surface area contributed by atoms with Gasteiger partial charge in [0.25, 0.3) is 0 Å². The zero-order valence-corrected chi connectivity index (χ0v) is 25.3. The minimum absolute atomic E-state index is 0.385. The summed E-state index contributed by atoms with van der Waals surface area (Å²) in [6, 6.07) is 57.8. The van der Waals surface area contributed by atoms with Crippen molar-refractivity contribution in [1.29, 1.82) is 10.5 Å². The molecule has 9 rings (SSSR count). The van der Waals surface area contributed by atoms with E-state index < -0.39 is 0 Å². The van der Waals surface area contributed by atoms with Crippen LogP contribution in [0.1, 0.15) is 11.1 Å². The van der Waals surface area contributed by atoms with Crippen LogP contribution in [-0.2, 0) is 0 Å². The van der Waals surface area contributed by atoms with E-state index in [0.717, 1.165) is 33.5 Å². The van der Waals surface area contributed by atoms with Crippen molar-refractivity contribution in [3.8, 4) is 73.5 Å². The van der Waals surface area contributed by atoms with E-state index in [1.165, 1.54) is 49.6 Å². The fourth-order valence-electron chi connectivity index (χ4n) is 7.33. The molecule has 0 radical (unpaired) electrons. The van der Waals surface area contributed by atoms with Crippen molar-refractivity contribution in [2.75, 3.05) is 0 Å². The van der Waals surface area contributed by atoms with Gasteiger partial charge in [0.1, 0.15) is 12.1 Å². The third-order valence-corrected chi connectivity index (χ3v) is 9.47. The largest absolute Gasteiger partial charge is 0.309 e. The van der Waals surface area contributed by atoms with Gasteiger partial charge in [0.05, 0.1) is 22.2 Å². The normalized spacial score (nSPS) is 11.4. The van der Waals surface area contributed by atoms with Crippen LogP contribution in [0, 0.1) is 22.7 Å². The van der Waals surface area contributed by atoms with Crippen molar-refractivity contribution in [3.05, 3.63) is 163 Å². The van der Waals surface area contributed by atoms with Crippen LogP contribution in [0.2, 0.25) is 0 Å². The number of rotatable bonds is 2. The van der Waals surface area contributed by atoms with Crippen molar-refractivity contribution in [2.45, 2.75) is 0 Å². The van der Waals surface area contributed by atoms with Crippen LogP contribution in [0.3, 0.4) is 0 Å². The van der Waals surface area contributed by atoms with Crippen LogP contribution in [0.15, 0.2) is 152 Å². The number of hydrogen-bond donors (Lipinski definition) is 0. The Morgan fingerprint density at radius 3 is 1.40 bits per heavy atom. The van der Waals surface area contributed by atoms with Gasteiger partial charge in [0.2, 0.25) is 0 Å².